The monoisotopic (exact) mass is 370 g/mol. The maximum atomic E-state index is 12.6. The number of benzene rings is 1. The third-order valence-electron chi connectivity index (χ3n) is 4.23. The van der Waals surface area contributed by atoms with E-state index in [4.69, 9.17) is 5.73 Å². The van der Waals surface area contributed by atoms with Gasteiger partial charge in [-0.2, -0.15) is 0 Å². The predicted molar refractivity (Wildman–Crippen MR) is 94.7 cm³/mol. The smallest absolute Gasteiger partial charge is 0.406 e. The average Bonchev–Trinajstić information content (AvgIpc) is 2.76. The lowest BCUT2D eigenvalue weighted by Gasteiger charge is -2.13. The van der Waals surface area contributed by atoms with Crippen molar-refractivity contribution >= 4 is 12.2 Å². The molecule has 0 saturated carbocycles. The van der Waals surface area contributed by atoms with E-state index < -0.39 is 6.36 Å². The minimum atomic E-state index is -4.76. The fourth-order valence-corrected chi connectivity index (χ4v) is 3.18. The second-order valence-electron chi connectivity index (χ2n) is 5.92. The lowest BCUT2D eigenvalue weighted by Crippen LogP contribution is -2.17. The highest BCUT2D eigenvalue weighted by molar-refractivity contribution is 5.87. The molecule has 0 spiro atoms. The third kappa shape index (κ3) is 3.33. The average molecular weight is 370 g/mol. The van der Waals surface area contributed by atoms with Crippen LogP contribution in [0.1, 0.15) is 11.1 Å². The molecule has 0 radical (unpaired) electrons. The van der Waals surface area contributed by atoms with Crippen molar-refractivity contribution in [2.45, 2.75) is 12.8 Å². The largest absolute Gasteiger partial charge is 0.573 e. The van der Waals surface area contributed by atoms with Gasteiger partial charge in [-0.15, -0.1) is 13.2 Å². The van der Waals surface area contributed by atoms with Crippen molar-refractivity contribution in [3.05, 3.63) is 59.9 Å². The number of fused-ring (bicyclic) bond motifs is 5. The van der Waals surface area contributed by atoms with E-state index in [2.05, 4.69) is 19.7 Å². The summed E-state index contributed by atoms with van der Waals surface area (Å²) in [5.74, 6) is 0.161. The first-order valence-corrected chi connectivity index (χ1v) is 8.02. The molecule has 0 fully saturated rings. The van der Waals surface area contributed by atoms with Crippen molar-refractivity contribution in [1.29, 1.82) is 0 Å². The first-order valence-electron chi connectivity index (χ1n) is 8.02. The van der Waals surface area contributed by atoms with Gasteiger partial charge in [0.2, 0.25) is 0 Å². The first kappa shape index (κ1) is 17.0. The number of hydrogen-bond donors (Lipinski definition) is 1. The van der Waals surface area contributed by atoms with Crippen LogP contribution in [-0.2, 0) is 6.42 Å². The second kappa shape index (κ2) is 6.39. The Hall–Kier alpha value is -3.42. The summed E-state index contributed by atoms with van der Waals surface area (Å²) < 4.78 is 41.9. The number of hydrogen-bond acceptors (Lipinski definition) is 4. The van der Waals surface area contributed by atoms with Crippen LogP contribution in [0.15, 0.2) is 53.8 Å². The van der Waals surface area contributed by atoms with E-state index in [0.29, 0.717) is 23.5 Å². The van der Waals surface area contributed by atoms with Crippen molar-refractivity contribution < 1.29 is 17.9 Å². The number of aliphatic imine (C=N–C) groups is 1. The zero-order valence-corrected chi connectivity index (χ0v) is 13.9. The maximum absolute atomic E-state index is 12.6. The molecule has 0 saturated heterocycles. The molecule has 0 bridgehead atoms. The first-order chi connectivity index (χ1) is 12.9. The Morgan fingerprint density at radius 1 is 1.04 bits per heavy atom. The van der Waals surface area contributed by atoms with Crippen molar-refractivity contribution in [2.24, 2.45) is 10.7 Å². The van der Waals surface area contributed by atoms with Crippen LogP contribution in [0.4, 0.5) is 19.0 Å². The Morgan fingerprint density at radius 3 is 2.67 bits per heavy atom. The van der Waals surface area contributed by atoms with E-state index >= 15 is 0 Å². The minimum Gasteiger partial charge on any atom is -0.406 e. The molecule has 0 unspecified atom stereocenters. The van der Waals surface area contributed by atoms with Crippen molar-refractivity contribution in [3.8, 4) is 28.1 Å². The molecule has 136 valence electrons. The molecular formula is C19H13F3N4O. The molecule has 1 aromatic carbocycles. The van der Waals surface area contributed by atoms with E-state index in [1.807, 2.05) is 6.07 Å². The standard InChI is InChI=1S/C19H13F3N4O/c20-19(21,22)27-13-4-3-11-6-12-9-25-17(26-10-23)8-15(12)14-2-1-5-24-18(14)16(11)7-13/h1-5,7-10H,6H2,(H2,23,25,26). The Kier molecular flexibility index (Phi) is 4.02. The summed E-state index contributed by atoms with van der Waals surface area (Å²) in [6.45, 7) is 0. The number of nitrogens with two attached hydrogens (primary N) is 1. The molecule has 2 N–H and O–H groups in total. The fourth-order valence-electron chi connectivity index (χ4n) is 3.18. The molecular weight excluding hydrogens is 357 g/mol. The summed E-state index contributed by atoms with van der Waals surface area (Å²) in [4.78, 5) is 12.7. The normalized spacial score (nSPS) is 12.9. The summed E-state index contributed by atoms with van der Waals surface area (Å²) in [5, 5.41) is 0. The van der Waals surface area contributed by atoms with Crippen LogP contribution in [0.2, 0.25) is 0 Å². The number of nitrogens with zero attached hydrogens (tertiary/aromatic N) is 3. The molecule has 2 aromatic heterocycles. The molecule has 5 nitrogen and oxygen atoms in total. The summed E-state index contributed by atoms with van der Waals surface area (Å²) in [6, 6.07) is 9.72. The molecule has 2 heterocycles. The fraction of sp³-hybridized carbons (Fsp3) is 0.105. The van der Waals surface area contributed by atoms with Crippen LogP contribution in [0.25, 0.3) is 22.4 Å². The van der Waals surface area contributed by atoms with E-state index in [1.165, 1.54) is 12.1 Å². The molecule has 8 heteroatoms. The Morgan fingerprint density at radius 2 is 1.89 bits per heavy atom. The molecule has 1 aliphatic rings. The highest BCUT2D eigenvalue weighted by Crippen LogP contribution is 2.41. The minimum absolute atomic E-state index is 0.282. The second-order valence-corrected chi connectivity index (χ2v) is 5.92. The zero-order chi connectivity index (χ0) is 19.0. The predicted octanol–water partition coefficient (Wildman–Crippen LogP) is 4.23. The van der Waals surface area contributed by atoms with Crippen LogP contribution in [-0.4, -0.2) is 22.7 Å². The molecule has 27 heavy (non-hydrogen) atoms. The molecule has 0 aliphatic heterocycles. The van der Waals surface area contributed by atoms with Gasteiger partial charge in [0.15, 0.2) is 5.82 Å². The van der Waals surface area contributed by atoms with Crippen LogP contribution in [0.3, 0.4) is 0 Å². The van der Waals surface area contributed by atoms with Crippen molar-refractivity contribution in [2.75, 3.05) is 0 Å². The Balaban J connectivity index is 1.92. The van der Waals surface area contributed by atoms with Crippen LogP contribution in [0.5, 0.6) is 5.75 Å². The van der Waals surface area contributed by atoms with Gasteiger partial charge in [-0.25, -0.2) is 9.98 Å². The Bertz CT molecular complexity index is 1050. The van der Waals surface area contributed by atoms with Gasteiger partial charge in [0.1, 0.15) is 5.75 Å². The molecule has 4 rings (SSSR count). The number of aromatic nitrogens is 2. The lowest BCUT2D eigenvalue weighted by atomic mass is 10.00. The van der Waals surface area contributed by atoms with E-state index in [0.717, 1.165) is 28.6 Å². The van der Waals surface area contributed by atoms with Crippen molar-refractivity contribution in [1.82, 2.24) is 9.97 Å². The van der Waals surface area contributed by atoms with Gasteiger partial charge in [0.05, 0.1) is 12.0 Å². The van der Waals surface area contributed by atoms with E-state index in [9.17, 15) is 13.2 Å². The highest BCUT2D eigenvalue weighted by Gasteiger charge is 2.31. The SMILES string of the molecule is NC=Nc1cc2c(cn1)Cc1ccc(OC(F)(F)F)cc1-c1ncccc1-2. The number of pyridine rings is 2. The van der Waals surface area contributed by atoms with Crippen LogP contribution in [0, 0.1) is 0 Å². The van der Waals surface area contributed by atoms with Crippen molar-refractivity contribution in [3.63, 3.8) is 0 Å². The van der Waals surface area contributed by atoms with E-state index in [1.54, 1.807) is 30.6 Å². The zero-order valence-electron chi connectivity index (χ0n) is 13.9. The molecule has 0 amide bonds. The van der Waals surface area contributed by atoms with Gasteiger partial charge in [-0.3, -0.25) is 4.98 Å². The molecule has 1 aliphatic carbocycles. The van der Waals surface area contributed by atoms with Gasteiger partial charge < -0.3 is 10.5 Å². The summed E-state index contributed by atoms with van der Waals surface area (Å²) in [5.41, 5.74) is 9.92. The van der Waals surface area contributed by atoms with Gasteiger partial charge in [-0.1, -0.05) is 12.1 Å². The van der Waals surface area contributed by atoms with Gasteiger partial charge in [-0.05, 0) is 41.0 Å². The van der Waals surface area contributed by atoms with Gasteiger partial charge in [0.25, 0.3) is 0 Å². The lowest BCUT2D eigenvalue weighted by molar-refractivity contribution is -0.274. The summed E-state index contributed by atoms with van der Waals surface area (Å²) >= 11 is 0. The number of ether oxygens (including phenoxy) is 1. The topological polar surface area (TPSA) is 73.4 Å². The highest BCUT2D eigenvalue weighted by atomic mass is 19.4. The molecule has 3 aromatic rings. The van der Waals surface area contributed by atoms with Crippen LogP contribution >= 0.6 is 0 Å². The van der Waals surface area contributed by atoms with Gasteiger partial charge in [0, 0.05) is 29.9 Å². The van der Waals surface area contributed by atoms with Gasteiger partial charge >= 0.3 is 6.36 Å². The number of halogens is 3. The van der Waals surface area contributed by atoms with E-state index in [-0.39, 0.29) is 5.75 Å². The number of alkyl halides is 3. The Labute approximate surface area is 152 Å². The van der Waals surface area contributed by atoms with Crippen LogP contribution < -0.4 is 10.5 Å². The summed E-state index contributed by atoms with van der Waals surface area (Å²) in [6.07, 6.45) is 0.195. The molecule has 0 atom stereocenters. The summed E-state index contributed by atoms with van der Waals surface area (Å²) in [7, 11) is 0. The third-order valence-corrected chi connectivity index (χ3v) is 4.23. The quantitative estimate of drug-likeness (QED) is 0.423. The maximum Gasteiger partial charge on any atom is 0.573 e. The number of rotatable bonds is 2.